The van der Waals surface area contributed by atoms with Gasteiger partial charge in [-0.25, -0.2) is 4.79 Å². The zero-order valence-corrected chi connectivity index (χ0v) is 18.5. The first-order chi connectivity index (χ1) is 15.5. The van der Waals surface area contributed by atoms with E-state index >= 15 is 0 Å². The molecular weight excluding hydrogens is 404 g/mol. The summed E-state index contributed by atoms with van der Waals surface area (Å²) in [5.74, 6) is 0.419. The van der Waals surface area contributed by atoms with E-state index in [2.05, 4.69) is 22.3 Å². The summed E-state index contributed by atoms with van der Waals surface area (Å²) in [6.45, 7) is 6.43. The van der Waals surface area contributed by atoms with E-state index in [4.69, 9.17) is 14.3 Å². The van der Waals surface area contributed by atoms with Crippen LogP contribution in [0.15, 0.2) is 71.4 Å². The maximum absolute atomic E-state index is 11.6. The lowest BCUT2D eigenvalue weighted by atomic mass is 10.0. The molecule has 2 aromatic carbocycles. The summed E-state index contributed by atoms with van der Waals surface area (Å²) in [4.78, 5) is 21.7. The number of esters is 1. The molecule has 0 saturated carbocycles. The minimum absolute atomic E-state index is 0.256. The van der Waals surface area contributed by atoms with Gasteiger partial charge in [-0.3, -0.25) is 4.98 Å². The number of aromatic nitrogens is 1. The van der Waals surface area contributed by atoms with Crippen LogP contribution in [0.2, 0.25) is 0 Å². The lowest BCUT2D eigenvalue weighted by Gasteiger charge is -2.11. The van der Waals surface area contributed by atoms with Crippen molar-refractivity contribution in [3.05, 3.63) is 83.1 Å². The van der Waals surface area contributed by atoms with Gasteiger partial charge in [0.25, 0.3) is 0 Å². The Kier molecular flexibility index (Phi) is 6.50. The number of nitrogens with zero attached hydrogens (tertiary/aromatic N) is 2. The molecule has 0 amide bonds. The first kappa shape index (κ1) is 21.6. The summed E-state index contributed by atoms with van der Waals surface area (Å²) in [6.07, 6.45) is 1.81. The Morgan fingerprint density at radius 2 is 1.97 bits per heavy atom. The highest BCUT2D eigenvalue weighted by Crippen LogP contribution is 2.24. The number of oxime groups is 1. The van der Waals surface area contributed by atoms with Gasteiger partial charge in [-0.2, -0.15) is 0 Å². The normalized spacial score (nSPS) is 15.9. The largest absolute Gasteiger partial charge is 0.489 e. The van der Waals surface area contributed by atoms with E-state index in [-0.39, 0.29) is 12.1 Å². The average molecular weight is 431 g/mol. The van der Waals surface area contributed by atoms with E-state index in [1.807, 2.05) is 56.3 Å². The Balaban J connectivity index is 1.39. The molecule has 6 heteroatoms. The number of para-hydroxylation sites is 1. The first-order valence-electron chi connectivity index (χ1n) is 10.7. The van der Waals surface area contributed by atoms with E-state index in [0.717, 1.165) is 44.8 Å². The number of carbonyl (C=O) groups is 1. The maximum atomic E-state index is 11.6. The smallest absolute Gasteiger partial charge is 0.330 e. The number of fused-ring (bicyclic) bond motifs is 1. The van der Waals surface area contributed by atoms with Crippen molar-refractivity contribution in [2.75, 3.05) is 6.61 Å². The van der Waals surface area contributed by atoms with Crippen molar-refractivity contribution >= 4 is 22.6 Å². The number of aryl methyl sites for hydroxylation is 1. The summed E-state index contributed by atoms with van der Waals surface area (Å²) >= 11 is 0. The lowest BCUT2D eigenvalue weighted by molar-refractivity contribution is -0.137. The van der Waals surface area contributed by atoms with Crippen LogP contribution in [-0.2, 0) is 21.0 Å². The molecule has 0 N–H and O–H groups in total. The molecule has 1 atom stereocenters. The molecule has 4 rings (SSSR count). The molecule has 6 nitrogen and oxygen atoms in total. The Labute approximate surface area is 187 Å². The number of rotatable bonds is 7. The SMILES string of the molecule is CCOC(=O)/C=C(/C)C1CC(c2ccc(OCc3cc(C)nc4ccccc34)cc2)=NO1. The van der Waals surface area contributed by atoms with Crippen molar-refractivity contribution in [1.82, 2.24) is 4.98 Å². The van der Waals surface area contributed by atoms with Crippen molar-refractivity contribution in [1.29, 1.82) is 0 Å². The van der Waals surface area contributed by atoms with Gasteiger partial charge in [0.15, 0.2) is 6.10 Å². The summed E-state index contributed by atoms with van der Waals surface area (Å²) in [5.41, 5.74) is 5.66. The van der Waals surface area contributed by atoms with Crippen LogP contribution in [0.25, 0.3) is 10.9 Å². The summed E-state index contributed by atoms with van der Waals surface area (Å²) in [5, 5.41) is 5.31. The van der Waals surface area contributed by atoms with Crippen LogP contribution in [0.4, 0.5) is 0 Å². The predicted molar refractivity (Wildman–Crippen MR) is 124 cm³/mol. The van der Waals surface area contributed by atoms with Gasteiger partial charge in [0, 0.05) is 29.1 Å². The molecule has 2 heterocycles. The van der Waals surface area contributed by atoms with Crippen molar-refractivity contribution in [3.63, 3.8) is 0 Å². The van der Waals surface area contributed by atoms with Crippen LogP contribution >= 0.6 is 0 Å². The molecule has 1 unspecified atom stereocenters. The molecule has 0 radical (unpaired) electrons. The number of ether oxygens (including phenoxy) is 2. The number of pyridine rings is 1. The molecule has 3 aromatic rings. The standard InChI is InChI=1S/C26H26N2O4/c1-4-30-26(29)13-17(2)25-15-24(28-32-25)19-9-11-21(12-10-19)31-16-20-14-18(3)27-23-8-6-5-7-22(20)23/h5-14,25H,4,15-16H2,1-3H3/b17-13-. The Hall–Kier alpha value is -3.67. The molecule has 1 aromatic heterocycles. The summed E-state index contributed by atoms with van der Waals surface area (Å²) in [7, 11) is 0. The highest BCUT2D eigenvalue weighted by atomic mass is 16.6. The second kappa shape index (κ2) is 9.64. The first-order valence-corrected chi connectivity index (χ1v) is 10.7. The van der Waals surface area contributed by atoms with Crippen LogP contribution in [-0.4, -0.2) is 29.4 Å². The molecule has 0 spiro atoms. The fraction of sp³-hybridized carbons (Fsp3) is 0.269. The third-order valence-corrected chi connectivity index (χ3v) is 5.32. The number of hydrogen-bond acceptors (Lipinski definition) is 6. The highest BCUT2D eigenvalue weighted by Gasteiger charge is 2.24. The Morgan fingerprint density at radius 3 is 2.75 bits per heavy atom. The third kappa shape index (κ3) is 4.97. The van der Waals surface area contributed by atoms with Crippen molar-refractivity contribution in [2.45, 2.75) is 39.9 Å². The monoisotopic (exact) mass is 430 g/mol. The zero-order chi connectivity index (χ0) is 22.5. The number of hydrogen-bond donors (Lipinski definition) is 0. The number of carbonyl (C=O) groups excluding carboxylic acids is 1. The minimum atomic E-state index is -0.360. The van der Waals surface area contributed by atoms with Crippen molar-refractivity contribution in [2.24, 2.45) is 5.16 Å². The Bertz CT molecular complexity index is 1180. The molecule has 0 bridgehead atoms. The van der Waals surface area contributed by atoms with E-state index in [1.54, 1.807) is 6.92 Å². The van der Waals surface area contributed by atoms with Gasteiger partial charge in [-0.15, -0.1) is 0 Å². The topological polar surface area (TPSA) is 70.0 Å². The van der Waals surface area contributed by atoms with Crippen LogP contribution < -0.4 is 4.74 Å². The third-order valence-electron chi connectivity index (χ3n) is 5.32. The van der Waals surface area contributed by atoms with Crippen LogP contribution in [0.1, 0.15) is 37.1 Å². The molecular formula is C26H26N2O4. The van der Waals surface area contributed by atoms with Gasteiger partial charge in [0.1, 0.15) is 12.4 Å². The van der Waals surface area contributed by atoms with Gasteiger partial charge < -0.3 is 14.3 Å². The van der Waals surface area contributed by atoms with E-state index in [1.165, 1.54) is 6.08 Å². The molecule has 1 aliphatic heterocycles. The second-order valence-electron chi connectivity index (χ2n) is 7.73. The minimum Gasteiger partial charge on any atom is -0.489 e. The second-order valence-corrected chi connectivity index (χ2v) is 7.73. The highest BCUT2D eigenvalue weighted by molar-refractivity contribution is 6.01. The van der Waals surface area contributed by atoms with Gasteiger partial charge in [0.05, 0.1) is 17.8 Å². The van der Waals surface area contributed by atoms with Crippen molar-refractivity contribution in [3.8, 4) is 5.75 Å². The van der Waals surface area contributed by atoms with Gasteiger partial charge >= 0.3 is 5.97 Å². The average Bonchev–Trinajstić information content (AvgIpc) is 3.28. The quantitative estimate of drug-likeness (QED) is 0.384. The van der Waals surface area contributed by atoms with Crippen LogP contribution in [0.5, 0.6) is 5.75 Å². The Morgan fingerprint density at radius 1 is 1.19 bits per heavy atom. The van der Waals surface area contributed by atoms with Gasteiger partial charge in [0.2, 0.25) is 0 Å². The molecule has 0 fully saturated rings. The molecule has 0 aliphatic carbocycles. The molecule has 0 saturated heterocycles. The number of benzene rings is 2. The maximum Gasteiger partial charge on any atom is 0.330 e. The molecule has 164 valence electrons. The summed E-state index contributed by atoms with van der Waals surface area (Å²) < 4.78 is 11.0. The fourth-order valence-corrected chi connectivity index (χ4v) is 3.67. The van der Waals surface area contributed by atoms with Crippen LogP contribution in [0.3, 0.4) is 0 Å². The fourth-order valence-electron chi connectivity index (χ4n) is 3.67. The van der Waals surface area contributed by atoms with E-state index in [9.17, 15) is 4.79 Å². The summed E-state index contributed by atoms with van der Waals surface area (Å²) in [6, 6.07) is 18.0. The van der Waals surface area contributed by atoms with Gasteiger partial charge in [-0.1, -0.05) is 23.4 Å². The lowest BCUT2D eigenvalue weighted by Crippen LogP contribution is -2.12. The predicted octanol–water partition coefficient (Wildman–Crippen LogP) is 5.12. The van der Waals surface area contributed by atoms with E-state index < -0.39 is 0 Å². The van der Waals surface area contributed by atoms with Crippen LogP contribution in [0, 0.1) is 6.92 Å². The van der Waals surface area contributed by atoms with Crippen molar-refractivity contribution < 1.29 is 19.1 Å². The molecule has 1 aliphatic rings. The molecule has 32 heavy (non-hydrogen) atoms. The van der Waals surface area contributed by atoms with E-state index in [0.29, 0.717) is 19.6 Å². The zero-order valence-electron chi connectivity index (χ0n) is 18.5. The van der Waals surface area contributed by atoms with Gasteiger partial charge in [-0.05, 0) is 68.3 Å².